The van der Waals surface area contributed by atoms with E-state index in [0.29, 0.717) is 35.9 Å². The molecular formula is C34H45N3O4S. The first kappa shape index (κ1) is 30.5. The summed E-state index contributed by atoms with van der Waals surface area (Å²) in [5.41, 5.74) is 0.541. The molecular weight excluding hydrogens is 546 g/mol. The molecule has 8 heteroatoms. The Morgan fingerprint density at radius 1 is 1.07 bits per heavy atom. The quantitative estimate of drug-likeness (QED) is 0.281. The molecule has 5 atom stereocenters. The van der Waals surface area contributed by atoms with Crippen LogP contribution in [-0.2, 0) is 11.2 Å². The number of aromatic hydroxyl groups is 1. The van der Waals surface area contributed by atoms with Gasteiger partial charge in [0.2, 0.25) is 5.91 Å². The molecule has 1 saturated heterocycles. The zero-order chi connectivity index (χ0) is 30.0. The van der Waals surface area contributed by atoms with Gasteiger partial charge in [0.05, 0.1) is 18.2 Å². The number of thiophene rings is 1. The second kappa shape index (κ2) is 12.7. The van der Waals surface area contributed by atoms with Crippen molar-refractivity contribution in [1.29, 1.82) is 0 Å². The summed E-state index contributed by atoms with van der Waals surface area (Å²) in [6.45, 7) is 8.77. The Labute approximate surface area is 253 Å². The van der Waals surface area contributed by atoms with Gasteiger partial charge in [0, 0.05) is 45.8 Å². The molecule has 0 unspecified atom stereocenters. The van der Waals surface area contributed by atoms with Crippen LogP contribution in [0.4, 0.5) is 0 Å². The van der Waals surface area contributed by atoms with Crippen LogP contribution in [0.1, 0.15) is 73.7 Å². The average molecular weight is 592 g/mol. The molecule has 2 aliphatic rings. The van der Waals surface area contributed by atoms with Gasteiger partial charge in [-0.25, -0.2) is 0 Å². The maximum atomic E-state index is 13.5. The normalized spacial score (nSPS) is 22.7. The van der Waals surface area contributed by atoms with E-state index in [9.17, 15) is 19.8 Å². The van der Waals surface area contributed by atoms with Crippen LogP contribution in [-0.4, -0.2) is 63.7 Å². The molecule has 3 aromatic rings. The minimum atomic E-state index is -0.901. The molecule has 2 amide bonds. The van der Waals surface area contributed by atoms with Crippen molar-refractivity contribution in [3.63, 3.8) is 0 Å². The number of phenols is 1. The Hall–Kier alpha value is -2.94. The number of benzene rings is 2. The first-order chi connectivity index (χ1) is 20.0. The van der Waals surface area contributed by atoms with E-state index >= 15 is 0 Å². The lowest BCUT2D eigenvalue weighted by atomic mass is 9.72. The number of nitrogens with zero attached hydrogens (tertiary/aromatic N) is 1. The molecule has 2 aromatic carbocycles. The van der Waals surface area contributed by atoms with Crippen LogP contribution >= 0.6 is 11.3 Å². The van der Waals surface area contributed by atoms with Crippen molar-refractivity contribution in [2.45, 2.75) is 89.9 Å². The van der Waals surface area contributed by atoms with Crippen molar-refractivity contribution >= 4 is 33.2 Å². The first-order valence-corrected chi connectivity index (χ1v) is 16.1. The summed E-state index contributed by atoms with van der Waals surface area (Å²) in [6, 6.07) is 14.3. The number of β-amino-alcohol motifs (C(OH)–C–C–N with tert-alkyl or cyclic N) is 1. The lowest BCUT2D eigenvalue weighted by Gasteiger charge is -2.47. The fraction of sp³-hybridized carbons (Fsp3) is 0.529. The van der Waals surface area contributed by atoms with Gasteiger partial charge >= 0.3 is 0 Å². The number of rotatable bonds is 8. The molecule has 226 valence electrons. The SMILES string of the molecule is Cc1c(O)cccc1C(=O)N[C@@H](Cc1cc2ccccc2s1)[C@H](O)CN1C[C@H]2CCCC[C@H]2C[C@H]1C(=O)NC(C)(C)C. The molecule has 4 N–H and O–H groups in total. The average Bonchev–Trinajstić information content (AvgIpc) is 3.35. The lowest BCUT2D eigenvalue weighted by Crippen LogP contribution is -2.60. The Balaban J connectivity index is 1.40. The highest BCUT2D eigenvalue weighted by Crippen LogP contribution is 2.39. The van der Waals surface area contributed by atoms with E-state index in [1.165, 1.54) is 12.8 Å². The Morgan fingerprint density at radius 2 is 1.81 bits per heavy atom. The van der Waals surface area contributed by atoms with Gasteiger partial charge in [0.25, 0.3) is 5.91 Å². The smallest absolute Gasteiger partial charge is 0.252 e. The van der Waals surface area contributed by atoms with Crippen LogP contribution in [0.5, 0.6) is 5.75 Å². The number of hydrogen-bond donors (Lipinski definition) is 4. The lowest BCUT2D eigenvalue weighted by molar-refractivity contribution is -0.132. The molecule has 1 saturated carbocycles. The summed E-state index contributed by atoms with van der Waals surface area (Å²) in [7, 11) is 0. The van der Waals surface area contributed by atoms with Gasteiger partial charge in [0.1, 0.15) is 5.75 Å². The molecule has 1 aliphatic heterocycles. The van der Waals surface area contributed by atoms with Gasteiger partial charge in [-0.3, -0.25) is 14.5 Å². The van der Waals surface area contributed by atoms with E-state index in [1.54, 1.807) is 36.5 Å². The van der Waals surface area contributed by atoms with E-state index < -0.39 is 12.1 Å². The number of nitrogens with one attached hydrogen (secondary N) is 2. The van der Waals surface area contributed by atoms with Gasteiger partial charge in [-0.15, -0.1) is 11.3 Å². The summed E-state index contributed by atoms with van der Waals surface area (Å²) >= 11 is 1.66. The molecule has 5 rings (SSSR count). The number of carbonyl (C=O) groups excluding carboxylic acids is 2. The van der Waals surface area contributed by atoms with Gasteiger partial charge in [-0.1, -0.05) is 43.5 Å². The molecule has 1 aromatic heterocycles. The van der Waals surface area contributed by atoms with E-state index in [-0.39, 0.29) is 29.1 Å². The molecule has 2 fully saturated rings. The summed E-state index contributed by atoms with van der Waals surface area (Å²) in [5.74, 6) is 0.800. The minimum absolute atomic E-state index is 0.0131. The molecule has 0 bridgehead atoms. The van der Waals surface area contributed by atoms with Crippen molar-refractivity contribution < 1.29 is 19.8 Å². The Kier molecular flexibility index (Phi) is 9.26. The number of fused-ring (bicyclic) bond motifs is 2. The molecule has 7 nitrogen and oxygen atoms in total. The Bertz CT molecular complexity index is 1380. The highest BCUT2D eigenvalue weighted by atomic mass is 32.1. The van der Waals surface area contributed by atoms with Crippen molar-refractivity contribution in [2.75, 3.05) is 13.1 Å². The van der Waals surface area contributed by atoms with Crippen molar-refractivity contribution in [3.05, 3.63) is 64.5 Å². The Morgan fingerprint density at radius 3 is 2.55 bits per heavy atom. The number of hydrogen-bond acceptors (Lipinski definition) is 6. The number of aliphatic hydroxyl groups is 1. The molecule has 2 heterocycles. The summed E-state index contributed by atoms with van der Waals surface area (Å²) in [6.07, 6.45) is 5.11. The number of piperidine rings is 1. The van der Waals surface area contributed by atoms with Crippen LogP contribution in [0.2, 0.25) is 0 Å². The summed E-state index contributed by atoms with van der Waals surface area (Å²) in [4.78, 5) is 30.3. The number of amides is 2. The van der Waals surface area contributed by atoms with E-state index in [1.807, 2.05) is 32.9 Å². The van der Waals surface area contributed by atoms with Crippen LogP contribution < -0.4 is 10.6 Å². The van der Waals surface area contributed by atoms with Gasteiger partial charge in [-0.05, 0) is 82.0 Å². The van der Waals surface area contributed by atoms with Crippen molar-refractivity contribution in [1.82, 2.24) is 15.5 Å². The molecule has 42 heavy (non-hydrogen) atoms. The second-order valence-electron chi connectivity index (χ2n) is 13.3. The largest absolute Gasteiger partial charge is 0.508 e. The third kappa shape index (κ3) is 7.16. The van der Waals surface area contributed by atoms with Crippen molar-refractivity contribution in [3.8, 4) is 5.75 Å². The van der Waals surface area contributed by atoms with Crippen LogP contribution in [0.15, 0.2) is 48.5 Å². The van der Waals surface area contributed by atoms with Crippen LogP contribution in [0, 0.1) is 18.8 Å². The van der Waals surface area contributed by atoms with E-state index in [4.69, 9.17) is 0 Å². The standard InChI is InChI=1S/C34H45N3O4S/c1-21-26(13-9-14-29(21)38)32(40)35-27(18-25-16-23-11-7-8-15-31(23)42-25)30(39)20-37-19-24-12-6-5-10-22(24)17-28(37)33(41)36-34(2,3)4/h7-9,11,13-16,22,24,27-28,30,38-39H,5-6,10,12,17-20H2,1-4H3,(H,35,40)(H,36,41)/t22-,24+,27-,28-,30+/m0/s1. The third-order valence-electron chi connectivity index (χ3n) is 8.95. The first-order valence-electron chi connectivity index (χ1n) is 15.3. The van der Waals surface area contributed by atoms with Gasteiger partial charge in [-0.2, -0.15) is 0 Å². The molecule has 0 spiro atoms. The number of phenolic OH excluding ortho intramolecular Hbond substituents is 1. The number of likely N-dealkylation sites (tertiary alicyclic amines) is 1. The fourth-order valence-corrected chi connectivity index (χ4v) is 7.87. The van der Waals surface area contributed by atoms with E-state index in [2.05, 4.69) is 33.7 Å². The topological polar surface area (TPSA) is 102 Å². The summed E-state index contributed by atoms with van der Waals surface area (Å²) < 4.78 is 1.16. The summed E-state index contributed by atoms with van der Waals surface area (Å²) in [5, 5.41) is 29.4. The maximum absolute atomic E-state index is 13.5. The molecule has 1 aliphatic carbocycles. The molecule has 0 radical (unpaired) electrons. The van der Waals surface area contributed by atoms with Gasteiger partial charge < -0.3 is 20.8 Å². The van der Waals surface area contributed by atoms with Crippen molar-refractivity contribution in [2.24, 2.45) is 11.8 Å². The van der Waals surface area contributed by atoms with Gasteiger partial charge in [0.15, 0.2) is 0 Å². The zero-order valence-corrected chi connectivity index (χ0v) is 26.0. The second-order valence-corrected chi connectivity index (χ2v) is 14.5. The predicted molar refractivity (Wildman–Crippen MR) is 169 cm³/mol. The highest BCUT2D eigenvalue weighted by molar-refractivity contribution is 7.19. The highest BCUT2D eigenvalue weighted by Gasteiger charge is 2.42. The minimum Gasteiger partial charge on any atom is -0.508 e. The zero-order valence-electron chi connectivity index (χ0n) is 25.2. The monoisotopic (exact) mass is 591 g/mol. The third-order valence-corrected chi connectivity index (χ3v) is 10.1. The van der Waals surface area contributed by atoms with Crippen LogP contribution in [0.25, 0.3) is 10.1 Å². The number of carbonyl (C=O) groups is 2. The fourth-order valence-electron chi connectivity index (χ4n) is 6.75. The number of aliphatic hydroxyl groups excluding tert-OH is 1. The van der Waals surface area contributed by atoms with Crippen LogP contribution in [0.3, 0.4) is 0 Å². The predicted octanol–water partition coefficient (Wildman–Crippen LogP) is 5.41. The maximum Gasteiger partial charge on any atom is 0.252 e. The van der Waals surface area contributed by atoms with E-state index in [0.717, 1.165) is 40.8 Å².